The van der Waals surface area contributed by atoms with Crippen LogP contribution in [0.15, 0.2) is 12.7 Å². The lowest BCUT2D eigenvalue weighted by molar-refractivity contribution is -0.122. The molecular formula is C10H16N4O. The van der Waals surface area contributed by atoms with Gasteiger partial charge in [-0.25, -0.2) is 11.5 Å². The molecule has 1 amide bonds. The van der Waals surface area contributed by atoms with Gasteiger partial charge in [0.05, 0.1) is 0 Å². The minimum atomic E-state index is -0.795. The van der Waals surface area contributed by atoms with Crippen LogP contribution in [0.5, 0.6) is 0 Å². The maximum Gasteiger partial charge on any atom is 0.357 e. The quantitative estimate of drug-likeness (QED) is 0.501. The lowest BCUT2D eigenvalue weighted by atomic mass is 10.3. The van der Waals surface area contributed by atoms with Crippen molar-refractivity contribution >= 4 is 5.91 Å². The van der Waals surface area contributed by atoms with Crippen LogP contribution < -0.4 is 5.73 Å². The van der Waals surface area contributed by atoms with Gasteiger partial charge in [0, 0.05) is 32.7 Å². The van der Waals surface area contributed by atoms with Crippen LogP contribution in [0, 0.1) is 6.57 Å². The van der Waals surface area contributed by atoms with Gasteiger partial charge in [-0.05, 0) is 0 Å². The Kier molecular flexibility index (Phi) is 4.28. The molecule has 0 aromatic rings. The van der Waals surface area contributed by atoms with Crippen molar-refractivity contribution in [2.75, 3.05) is 32.7 Å². The predicted molar refractivity (Wildman–Crippen MR) is 57.8 cm³/mol. The minimum absolute atomic E-state index is 0.554. The van der Waals surface area contributed by atoms with E-state index in [1.165, 1.54) is 0 Å². The van der Waals surface area contributed by atoms with Gasteiger partial charge in [0.2, 0.25) is 0 Å². The fourth-order valence-corrected chi connectivity index (χ4v) is 1.70. The molecule has 82 valence electrons. The molecule has 1 heterocycles. The average Bonchev–Trinajstić information content (AvgIpc) is 2.21. The van der Waals surface area contributed by atoms with E-state index in [4.69, 9.17) is 12.3 Å². The summed E-state index contributed by atoms with van der Waals surface area (Å²) in [5, 5.41) is 0. The molecule has 0 aromatic carbocycles. The molecule has 0 radical (unpaired) electrons. The maximum absolute atomic E-state index is 11.0. The molecule has 0 aliphatic carbocycles. The van der Waals surface area contributed by atoms with Gasteiger partial charge in [-0.3, -0.25) is 14.5 Å². The van der Waals surface area contributed by atoms with Crippen LogP contribution in [0.4, 0.5) is 0 Å². The SMILES string of the molecule is [C-]#[N+]C(C(N)=O)N1CCN(CC=C)CC1. The minimum Gasteiger partial charge on any atom is -0.362 e. The first-order valence-corrected chi connectivity index (χ1v) is 4.92. The van der Waals surface area contributed by atoms with Gasteiger partial charge in [0.15, 0.2) is 0 Å². The van der Waals surface area contributed by atoms with Gasteiger partial charge >= 0.3 is 12.1 Å². The zero-order valence-corrected chi connectivity index (χ0v) is 8.72. The molecule has 0 spiro atoms. The lowest BCUT2D eigenvalue weighted by Gasteiger charge is -2.33. The van der Waals surface area contributed by atoms with E-state index in [0.29, 0.717) is 13.1 Å². The Hall–Kier alpha value is -1.38. The second kappa shape index (κ2) is 5.49. The van der Waals surface area contributed by atoms with E-state index in [2.05, 4.69) is 16.3 Å². The second-order valence-electron chi connectivity index (χ2n) is 3.53. The number of nitrogens with zero attached hydrogens (tertiary/aromatic N) is 3. The molecule has 0 bridgehead atoms. The number of hydrogen-bond acceptors (Lipinski definition) is 3. The highest BCUT2D eigenvalue weighted by molar-refractivity contribution is 5.81. The molecule has 1 unspecified atom stereocenters. The molecule has 15 heavy (non-hydrogen) atoms. The molecule has 1 atom stereocenters. The Morgan fingerprint density at radius 2 is 2.13 bits per heavy atom. The van der Waals surface area contributed by atoms with E-state index in [-0.39, 0.29) is 0 Å². The van der Waals surface area contributed by atoms with Crippen LogP contribution in [0.2, 0.25) is 0 Å². The summed E-state index contributed by atoms with van der Waals surface area (Å²) < 4.78 is 0. The number of primary amides is 1. The van der Waals surface area contributed by atoms with Crippen LogP contribution >= 0.6 is 0 Å². The van der Waals surface area contributed by atoms with Gasteiger partial charge < -0.3 is 5.73 Å². The van der Waals surface area contributed by atoms with E-state index in [9.17, 15) is 4.79 Å². The monoisotopic (exact) mass is 208 g/mol. The first kappa shape index (κ1) is 11.7. The normalized spacial score (nSPS) is 20.5. The largest absolute Gasteiger partial charge is 0.362 e. The van der Waals surface area contributed by atoms with Crippen molar-refractivity contribution in [1.82, 2.24) is 9.80 Å². The van der Waals surface area contributed by atoms with Crippen LogP contribution in [0.3, 0.4) is 0 Å². The average molecular weight is 208 g/mol. The summed E-state index contributed by atoms with van der Waals surface area (Å²) in [6.45, 7) is 14.6. The summed E-state index contributed by atoms with van der Waals surface area (Å²) >= 11 is 0. The van der Waals surface area contributed by atoms with Gasteiger partial charge in [-0.1, -0.05) is 6.08 Å². The van der Waals surface area contributed by atoms with Crippen molar-refractivity contribution in [3.05, 3.63) is 24.1 Å². The molecule has 0 aromatic heterocycles. The third-order valence-corrected chi connectivity index (χ3v) is 2.52. The van der Waals surface area contributed by atoms with Crippen LogP contribution in [-0.2, 0) is 4.79 Å². The first-order valence-electron chi connectivity index (χ1n) is 4.92. The number of carbonyl (C=O) groups is 1. The summed E-state index contributed by atoms with van der Waals surface area (Å²) in [4.78, 5) is 18.3. The lowest BCUT2D eigenvalue weighted by Crippen LogP contribution is -2.52. The predicted octanol–water partition coefficient (Wildman–Crippen LogP) is -0.479. The van der Waals surface area contributed by atoms with Crippen molar-refractivity contribution in [3.63, 3.8) is 0 Å². The Morgan fingerprint density at radius 3 is 2.53 bits per heavy atom. The molecule has 5 nitrogen and oxygen atoms in total. The number of piperazine rings is 1. The zero-order chi connectivity index (χ0) is 11.3. The Morgan fingerprint density at radius 1 is 1.53 bits per heavy atom. The fourth-order valence-electron chi connectivity index (χ4n) is 1.70. The standard InChI is InChI=1S/C10H16N4O/c1-3-4-13-5-7-14(8-6-13)10(12-2)9(11)15/h3,10H,1,4-8H2,(H2,11,15). The highest BCUT2D eigenvalue weighted by Gasteiger charge is 2.31. The van der Waals surface area contributed by atoms with Crippen molar-refractivity contribution in [2.45, 2.75) is 6.17 Å². The van der Waals surface area contributed by atoms with Gasteiger partial charge in [0.1, 0.15) is 0 Å². The molecule has 1 aliphatic heterocycles. The van der Waals surface area contributed by atoms with Gasteiger partial charge in [-0.15, -0.1) is 6.58 Å². The van der Waals surface area contributed by atoms with Crippen molar-refractivity contribution in [1.29, 1.82) is 0 Å². The third-order valence-electron chi connectivity index (χ3n) is 2.52. The summed E-state index contributed by atoms with van der Waals surface area (Å²) in [6.07, 6.45) is 1.06. The third kappa shape index (κ3) is 3.05. The summed E-state index contributed by atoms with van der Waals surface area (Å²) in [7, 11) is 0. The van der Waals surface area contributed by atoms with Crippen LogP contribution in [-0.4, -0.2) is 54.6 Å². The van der Waals surface area contributed by atoms with Crippen molar-refractivity contribution < 1.29 is 4.79 Å². The van der Waals surface area contributed by atoms with E-state index in [0.717, 1.165) is 19.6 Å². The molecule has 5 heteroatoms. The van der Waals surface area contributed by atoms with Crippen LogP contribution in [0.1, 0.15) is 0 Å². The number of hydrogen-bond donors (Lipinski definition) is 1. The Bertz CT molecular complexity index is 276. The highest BCUT2D eigenvalue weighted by Crippen LogP contribution is 2.07. The summed E-state index contributed by atoms with van der Waals surface area (Å²) in [5.41, 5.74) is 5.15. The van der Waals surface area contributed by atoms with Crippen molar-refractivity contribution in [2.24, 2.45) is 5.73 Å². The Labute approximate surface area is 90.0 Å². The van der Waals surface area contributed by atoms with Crippen molar-refractivity contribution in [3.8, 4) is 0 Å². The van der Waals surface area contributed by atoms with Crippen LogP contribution in [0.25, 0.3) is 4.85 Å². The van der Waals surface area contributed by atoms with E-state index in [1.807, 2.05) is 11.0 Å². The van der Waals surface area contributed by atoms with E-state index in [1.54, 1.807) is 0 Å². The molecule has 2 N–H and O–H groups in total. The number of amides is 1. The molecular weight excluding hydrogens is 192 g/mol. The summed E-state index contributed by atoms with van der Waals surface area (Å²) in [6, 6.07) is 0. The van der Waals surface area contributed by atoms with E-state index < -0.39 is 12.1 Å². The fraction of sp³-hybridized carbons (Fsp3) is 0.600. The van der Waals surface area contributed by atoms with Gasteiger partial charge in [-0.2, -0.15) is 0 Å². The summed E-state index contributed by atoms with van der Waals surface area (Å²) in [5.74, 6) is -0.554. The Balaban J connectivity index is 2.46. The maximum atomic E-state index is 11.0. The highest BCUT2D eigenvalue weighted by atomic mass is 16.1. The first-order chi connectivity index (χ1) is 7.19. The number of nitrogens with two attached hydrogens (primary N) is 1. The smallest absolute Gasteiger partial charge is 0.357 e. The molecule has 1 rings (SSSR count). The topological polar surface area (TPSA) is 53.9 Å². The molecule has 0 saturated carbocycles. The number of carbonyl (C=O) groups excluding carboxylic acids is 1. The van der Waals surface area contributed by atoms with Gasteiger partial charge in [0.25, 0.3) is 0 Å². The number of rotatable bonds is 4. The second-order valence-corrected chi connectivity index (χ2v) is 3.53. The molecule has 1 fully saturated rings. The van der Waals surface area contributed by atoms with E-state index >= 15 is 0 Å². The molecule has 1 saturated heterocycles. The zero-order valence-electron chi connectivity index (χ0n) is 8.72. The molecule has 1 aliphatic rings.